The normalized spacial score (nSPS) is 11.2. The first-order valence-electron chi connectivity index (χ1n) is 48.6. The number of halogens is 4. The molecule has 0 heterocycles. The fraction of sp³-hybridized carbons (Fsp3) is 0.509. The number of unbranched alkanes of at least 4 members (excludes halogenated alkanes) is 34. The van der Waals surface area contributed by atoms with E-state index in [-0.39, 0.29) is 22.3 Å². The summed E-state index contributed by atoms with van der Waals surface area (Å²) in [6.07, 6.45) is 46.6. The van der Waals surface area contributed by atoms with Crippen molar-refractivity contribution in [1.82, 2.24) is 0 Å². The van der Waals surface area contributed by atoms with Crippen molar-refractivity contribution >= 4 is 21.6 Å². The van der Waals surface area contributed by atoms with Gasteiger partial charge >= 0.3 is 0 Å². The highest BCUT2D eigenvalue weighted by atomic mass is 33.1. The summed E-state index contributed by atoms with van der Waals surface area (Å²) in [7, 11) is 3.62. The average Bonchev–Trinajstić information content (AvgIpc) is 0.753. The second kappa shape index (κ2) is 62.4. The van der Waals surface area contributed by atoms with E-state index in [0.29, 0.717) is 52.5 Å². The molecule has 0 saturated heterocycles. The highest BCUT2D eigenvalue weighted by molar-refractivity contribution is 8.76. The summed E-state index contributed by atoms with van der Waals surface area (Å²) in [5.74, 6) is 28.8. The van der Waals surface area contributed by atoms with Gasteiger partial charge in [-0.3, -0.25) is 0 Å². The van der Waals surface area contributed by atoms with Gasteiger partial charge in [-0.15, -0.1) is 0 Å². The second-order valence-corrected chi connectivity index (χ2v) is 36.3. The molecule has 0 fully saturated rings. The van der Waals surface area contributed by atoms with Crippen LogP contribution in [-0.4, -0.2) is 51.1 Å². The van der Waals surface area contributed by atoms with Gasteiger partial charge in [0.15, 0.2) is 0 Å². The maximum absolute atomic E-state index is 16.5. The van der Waals surface area contributed by atoms with E-state index in [9.17, 15) is 0 Å². The van der Waals surface area contributed by atoms with Crippen molar-refractivity contribution < 1.29 is 46.0 Å². The van der Waals surface area contributed by atoms with Gasteiger partial charge in [-0.05, 0) is 195 Å². The molecule has 8 aromatic carbocycles. The Morgan fingerprint density at radius 1 is 0.230 bits per heavy atom. The Bertz CT molecular complexity index is 3920. The van der Waals surface area contributed by atoms with Gasteiger partial charge in [0.05, 0.1) is 50.8 Å². The molecule has 0 amide bonds. The molecule has 0 saturated carbocycles. The molecule has 126 heavy (non-hydrogen) atoms. The van der Waals surface area contributed by atoms with Gasteiger partial charge in [0.1, 0.15) is 68.6 Å². The first kappa shape index (κ1) is 103. The Kier molecular flexibility index (Phi) is 50.8. The smallest absolute Gasteiger partial charge is 0.143 e. The maximum Gasteiger partial charge on any atom is 0.143 e. The zero-order chi connectivity index (χ0) is 89.0. The van der Waals surface area contributed by atoms with Crippen LogP contribution in [-0.2, 0) is 10.8 Å². The summed E-state index contributed by atoms with van der Waals surface area (Å²) in [4.78, 5) is 0. The maximum atomic E-state index is 16.5. The Hall–Kier alpha value is -8.78. The quantitative estimate of drug-likeness (QED) is 0.0123. The third-order valence-electron chi connectivity index (χ3n) is 23.3. The minimum atomic E-state index is -1.20. The molecule has 0 atom stereocenters. The van der Waals surface area contributed by atoms with Gasteiger partial charge < -0.3 is 28.4 Å². The molecule has 0 bridgehead atoms. The van der Waals surface area contributed by atoms with E-state index in [1.165, 1.54) is 178 Å². The molecular weight excluding hydrogens is 1610 g/mol. The molecule has 8 rings (SSSR count). The van der Waals surface area contributed by atoms with E-state index in [1.807, 2.05) is 167 Å². The lowest BCUT2D eigenvalue weighted by molar-refractivity contribution is 0.304. The van der Waals surface area contributed by atoms with Crippen LogP contribution >= 0.6 is 21.6 Å². The summed E-state index contributed by atoms with van der Waals surface area (Å²) < 4.78 is 104. The average molecular weight is 1750 g/mol. The monoisotopic (exact) mass is 1750 g/mol. The number of benzene rings is 8. The van der Waals surface area contributed by atoms with E-state index >= 15 is 17.6 Å². The highest BCUT2D eigenvalue weighted by Crippen LogP contribution is 2.44. The van der Waals surface area contributed by atoms with Crippen LogP contribution in [0.25, 0.3) is 0 Å². The van der Waals surface area contributed by atoms with Gasteiger partial charge in [0, 0.05) is 35.5 Å². The van der Waals surface area contributed by atoms with Crippen LogP contribution in [0.15, 0.2) is 170 Å². The van der Waals surface area contributed by atoms with Crippen LogP contribution in [0, 0.1) is 70.6 Å². The second-order valence-electron chi connectivity index (χ2n) is 33.6. The van der Waals surface area contributed by atoms with E-state index in [1.54, 1.807) is 0 Å². The first-order valence-corrected chi connectivity index (χ1v) is 51.1. The number of rotatable bonds is 63. The largest absolute Gasteiger partial charge is 0.494 e. The molecular formula is C114H146F4O6S2. The molecule has 0 N–H and O–H groups in total. The molecule has 0 spiro atoms. The van der Waals surface area contributed by atoms with Crippen molar-refractivity contribution in [1.29, 1.82) is 0 Å². The van der Waals surface area contributed by atoms with E-state index in [4.69, 9.17) is 28.4 Å². The number of ether oxygens (including phenoxy) is 6. The Labute approximate surface area is 766 Å². The van der Waals surface area contributed by atoms with Crippen LogP contribution in [0.4, 0.5) is 17.6 Å². The van der Waals surface area contributed by atoms with Crippen LogP contribution in [0.5, 0.6) is 34.5 Å². The fourth-order valence-electron chi connectivity index (χ4n) is 15.7. The molecule has 0 aliphatic rings. The molecule has 0 radical (unpaired) electrons. The predicted octanol–water partition coefficient (Wildman–Crippen LogP) is 32.6. The lowest BCUT2D eigenvalue weighted by Gasteiger charge is -2.31. The summed E-state index contributed by atoms with van der Waals surface area (Å²) in [5.41, 5.74) is 2.35. The topological polar surface area (TPSA) is 55.4 Å². The van der Waals surface area contributed by atoms with E-state index < -0.39 is 34.1 Å². The molecule has 8 aromatic rings. The Morgan fingerprint density at radius 3 is 0.619 bits per heavy atom. The van der Waals surface area contributed by atoms with E-state index in [0.717, 1.165) is 182 Å². The molecule has 0 aliphatic carbocycles. The Balaban J connectivity index is 0.895. The van der Waals surface area contributed by atoms with Crippen LogP contribution in [0.1, 0.15) is 367 Å². The van der Waals surface area contributed by atoms with Gasteiger partial charge in [0.25, 0.3) is 0 Å². The van der Waals surface area contributed by atoms with E-state index in [2.05, 4.69) is 88.9 Å². The van der Waals surface area contributed by atoms with Crippen LogP contribution in [0.2, 0.25) is 0 Å². The standard InChI is InChI=1S/C114H146F4O6S2/c1-7-13-19-25-33-43-81-119-101-65-53-95(54-66-101)113(96-55-67-102(68-56-96)120-82-44-34-26-20-14-8-2,97-57-69-103(70-58-97)121-83-45-35-27-21-15-9-3)79-77-107-109(115)89-93(90-110(107)116)51-41-31-39-49-87-125-126-88-50-40-32-42-52-94-91-111(117)108(112(118)92-94)78-80-114(98-59-71-104(72-60-98)122-84-46-36-28-22-16-10-4,99-61-73-105(74-62-99)123-85-47-37-29-23-17-11-5)100-63-75-106(76-64-100)124-86-48-38-30-24-18-12-6/h53-76,89-92H,7-40,43-50,81-88H2,1-6H3. The number of hydrogen-bond acceptors (Lipinski definition) is 8. The van der Waals surface area contributed by atoms with Crippen molar-refractivity contribution in [2.24, 2.45) is 0 Å². The SMILES string of the molecule is CCCCCCCCOc1ccc(C(C#Cc2c(F)cc(C#CCCCCSSCCCCC#Cc3cc(F)c(C#CC(c4ccc(OCCCCCCCC)cc4)(c4ccc(OCCCCCCCC)cc4)c4ccc(OCCCCCCCC)cc4)c(F)c3)cc2F)(c2ccc(OCCCCCCCC)cc2)c2ccc(OCCCCCCCC)cc2)cc1. The summed E-state index contributed by atoms with van der Waals surface area (Å²) in [6.45, 7) is 17.1. The third kappa shape index (κ3) is 36.8. The highest BCUT2D eigenvalue weighted by Gasteiger charge is 2.38. The van der Waals surface area contributed by atoms with Gasteiger partial charge in [-0.25, -0.2) is 17.6 Å². The fourth-order valence-corrected chi connectivity index (χ4v) is 18.0. The molecule has 0 unspecified atom stereocenters. The van der Waals surface area contributed by atoms with Crippen LogP contribution in [0.3, 0.4) is 0 Å². The summed E-state index contributed by atoms with van der Waals surface area (Å²) in [6, 6.07) is 53.1. The molecule has 0 aliphatic heterocycles. The Morgan fingerprint density at radius 2 is 0.421 bits per heavy atom. The first-order chi connectivity index (χ1) is 62.0. The van der Waals surface area contributed by atoms with Crippen molar-refractivity contribution in [3.63, 3.8) is 0 Å². The molecule has 6 nitrogen and oxygen atoms in total. The minimum absolute atomic E-state index is 0.254. The van der Waals surface area contributed by atoms with Crippen LogP contribution < -0.4 is 28.4 Å². The molecule has 678 valence electrons. The summed E-state index contributed by atoms with van der Waals surface area (Å²) >= 11 is 0. The number of hydrogen-bond donors (Lipinski definition) is 0. The lowest BCUT2D eigenvalue weighted by atomic mass is 9.69. The zero-order valence-corrected chi connectivity index (χ0v) is 78.9. The summed E-state index contributed by atoms with van der Waals surface area (Å²) in [5, 5.41) is 0. The van der Waals surface area contributed by atoms with Crippen molar-refractivity contribution in [2.75, 3.05) is 51.1 Å². The molecule has 0 aromatic heterocycles. The van der Waals surface area contributed by atoms with Crippen molar-refractivity contribution in [2.45, 2.75) is 322 Å². The van der Waals surface area contributed by atoms with Gasteiger partial charge in [-0.1, -0.05) is 376 Å². The predicted molar refractivity (Wildman–Crippen MR) is 524 cm³/mol. The van der Waals surface area contributed by atoms with Crippen molar-refractivity contribution in [3.05, 3.63) is 249 Å². The third-order valence-corrected chi connectivity index (χ3v) is 25.8. The molecule has 12 heteroatoms. The lowest BCUT2D eigenvalue weighted by Crippen LogP contribution is -2.28. The van der Waals surface area contributed by atoms with Gasteiger partial charge in [0.2, 0.25) is 0 Å². The minimum Gasteiger partial charge on any atom is -0.494 e. The van der Waals surface area contributed by atoms with Crippen molar-refractivity contribution in [3.8, 4) is 81.9 Å². The van der Waals surface area contributed by atoms with Gasteiger partial charge in [-0.2, -0.15) is 0 Å². The zero-order valence-electron chi connectivity index (χ0n) is 77.3.